The predicted molar refractivity (Wildman–Crippen MR) is 61.7 cm³/mol. The summed E-state index contributed by atoms with van der Waals surface area (Å²) in [4.78, 5) is 2.57. The summed E-state index contributed by atoms with van der Waals surface area (Å²) in [6.07, 6.45) is 2.61. The van der Waals surface area contributed by atoms with E-state index in [9.17, 15) is 0 Å². The Morgan fingerprint density at radius 1 is 1.21 bits per heavy atom. The highest BCUT2D eigenvalue weighted by molar-refractivity contribution is 4.78. The molecule has 1 rings (SSSR count). The Morgan fingerprint density at radius 2 is 1.86 bits per heavy atom. The SMILES string of the molecule is CNCCNC1CCN(C(C)C)CC1. The van der Waals surface area contributed by atoms with Crippen LogP contribution in [0.1, 0.15) is 26.7 Å². The zero-order chi connectivity index (χ0) is 10.4. The Hall–Kier alpha value is -0.120. The maximum Gasteiger partial charge on any atom is 0.00919 e. The van der Waals surface area contributed by atoms with Crippen molar-refractivity contribution < 1.29 is 0 Å². The van der Waals surface area contributed by atoms with Crippen LogP contribution in [0.3, 0.4) is 0 Å². The predicted octanol–water partition coefficient (Wildman–Crippen LogP) is 0.668. The summed E-state index contributed by atoms with van der Waals surface area (Å²) in [5, 5.41) is 6.75. The number of piperidine rings is 1. The van der Waals surface area contributed by atoms with Gasteiger partial charge in [0.25, 0.3) is 0 Å². The molecule has 0 aromatic heterocycles. The largest absolute Gasteiger partial charge is 0.318 e. The molecule has 0 aromatic carbocycles. The number of nitrogens with one attached hydrogen (secondary N) is 2. The monoisotopic (exact) mass is 199 g/mol. The van der Waals surface area contributed by atoms with Crippen molar-refractivity contribution in [3.05, 3.63) is 0 Å². The summed E-state index contributed by atoms with van der Waals surface area (Å²) >= 11 is 0. The van der Waals surface area contributed by atoms with E-state index in [4.69, 9.17) is 0 Å². The van der Waals surface area contributed by atoms with Crippen LogP contribution in [0.2, 0.25) is 0 Å². The minimum Gasteiger partial charge on any atom is -0.318 e. The summed E-state index contributed by atoms with van der Waals surface area (Å²) in [6.45, 7) is 9.26. The summed E-state index contributed by atoms with van der Waals surface area (Å²) in [6, 6.07) is 1.46. The summed E-state index contributed by atoms with van der Waals surface area (Å²) in [7, 11) is 2.00. The van der Waals surface area contributed by atoms with Crippen molar-refractivity contribution >= 4 is 0 Å². The first-order chi connectivity index (χ1) is 6.74. The molecule has 3 heteroatoms. The molecule has 1 heterocycles. The average molecular weight is 199 g/mol. The third-order valence-electron chi connectivity index (χ3n) is 3.07. The van der Waals surface area contributed by atoms with Crippen LogP contribution in [0.15, 0.2) is 0 Å². The Labute approximate surface area is 88.2 Å². The second kappa shape index (κ2) is 6.38. The molecule has 3 nitrogen and oxygen atoms in total. The van der Waals surface area contributed by atoms with Gasteiger partial charge in [0.05, 0.1) is 0 Å². The highest BCUT2D eigenvalue weighted by atomic mass is 15.2. The molecular weight excluding hydrogens is 174 g/mol. The number of hydrogen-bond acceptors (Lipinski definition) is 3. The molecule has 0 aromatic rings. The minimum atomic E-state index is 0.716. The van der Waals surface area contributed by atoms with Crippen molar-refractivity contribution in [1.29, 1.82) is 0 Å². The Balaban J connectivity index is 2.09. The molecule has 0 bridgehead atoms. The molecule has 0 radical (unpaired) electrons. The molecule has 2 N–H and O–H groups in total. The van der Waals surface area contributed by atoms with Crippen LogP contribution < -0.4 is 10.6 Å². The fraction of sp³-hybridized carbons (Fsp3) is 1.00. The van der Waals surface area contributed by atoms with Crippen LogP contribution in [0.25, 0.3) is 0 Å². The van der Waals surface area contributed by atoms with Crippen LogP contribution in [0, 0.1) is 0 Å². The molecule has 84 valence electrons. The molecule has 1 fully saturated rings. The quantitative estimate of drug-likeness (QED) is 0.637. The highest BCUT2D eigenvalue weighted by Gasteiger charge is 2.19. The van der Waals surface area contributed by atoms with Crippen LogP contribution >= 0.6 is 0 Å². The molecule has 1 aliphatic heterocycles. The lowest BCUT2D eigenvalue weighted by molar-refractivity contribution is 0.161. The van der Waals surface area contributed by atoms with Gasteiger partial charge in [-0.15, -0.1) is 0 Å². The maximum absolute atomic E-state index is 3.59. The van der Waals surface area contributed by atoms with E-state index in [1.807, 2.05) is 7.05 Å². The average Bonchev–Trinajstić information content (AvgIpc) is 2.19. The van der Waals surface area contributed by atoms with Crippen LogP contribution in [-0.2, 0) is 0 Å². The van der Waals surface area contributed by atoms with E-state index in [-0.39, 0.29) is 0 Å². The smallest absolute Gasteiger partial charge is 0.00919 e. The Morgan fingerprint density at radius 3 is 2.36 bits per heavy atom. The summed E-state index contributed by atoms with van der Waals surface area (Å²) in [5.41, 5.74) is 0. The molecule has 0 unspecified atom stereocenters. The van der Waals surface area contributed by atoms with E-state index in [2.05, 4.69) is 29.4 Å². The van der Waals surface area contributed by atoms with Gasteiger partial charge in [-0.2, -0.15) is 0 Å². The lowest BCUT2D eigenvalue weighted by atomic mass is 10.0. The molecule has 0 aliphatic carbocycles. The van der Waals surface area contributed by atoms with E-state index in [0.717, 1.165) is 19.1 Å². The van der Waals surface area contributed by atoms with E-state index in [0.29, 0.717) is 6.04 Å². The van der Waals surface area contributed by atoms with Gasteiger partial charge < -0.3 is 15.5 Å². The third kappa shape index (κ3) is 3.95. The molecule has 1 aliphatic rings. The van der Waals surface area contributed by atoms with Gasteiger partial charge in [0, 0.05) is 25.2 Å². The lowest BCUT2D eigenvalue weighted by Gasteiger charge is -2.35. The summed E-state index contributed by atoms with van der Waals surface area (Å²) in [5.74, 6) is 0. The van der Waals surface area contributed by atoms with Gasteiger partial charge in [-0.25, -0.2) is 0 Å². The maximum atomic E-state index is 3.59. The Kier molecular flexibility index (Phi) is 5.45. The minimum absolute atomic E-state index is 0.716. The number of likely N-dealkylation sites (N-methyl/N-ethyl adjacent to an activating group) is 1. The zero-order valence-corrected chi connectivity index (χ0v) is 9.84. The van der Waals surface area contributed by atoms with Gasteiger partial charge in [-0.1, -0.05) is 0 Å². The van der Waals surface area contributed by atoms with Gasteiger partial charge >= 0.3 is 0 Å². The second-order valence-electron chi connectivity index (χ2n) is 4.46. The first-order valence-electron chi connectivity index (χ1n) is 5.86. The molecule has 0 spiro atoms. The topological polar surface area (TPSA) is 27.3 Å². The molecule has 1 saturated heterocycles. The van der Waals surface area contributed by atoms with Crippen LogP contribution in [-0.4, -0.2) is 50.2 Å². The highest BCUT2D eigenvalue weighted by Crippen LogP contribution is 2.12. The van der Waals surface area contributed by atoms with Crippen molar-refractivity contribution in [2.24, 2.45) is 0 Å². The van der Waals surface area contributed by atoms with E-state index in [1.54, 1.807) is 0 Å². The Bertz CT molecular complexity index is 139. The lowest BCUT2D eigenvalue weighted by Crippen LogP contribution is -2.46. The van der Waals surface area contributed by atoms with E-state index >= 15 is 0 Å². The second-order valence-corrected chi connectivity index (χ2v) is 4.46. The molecule has 0 atom stereocenters. The molecule has 0 amide bonds. The van der Waals surface area contributed by atoms with Crippen molar-refractivity contribution in [1.82, 2.24) is 15.5 Å². The van der Waals surface area contributed by atoms with Crippen LogP contribution in [0.5, 0.6) is 0 Å². The van der Waals surface area contributed by atoms with Crippen molar-refractivity contribution in [2.75, 3.05) is 33.2 Å². The van der Waals surface area contributed by atoms with Gasteiger partial charge in [0.2, 0.25) is 0 Å². The molecule has 0 saturated carbocycles. The van der Waals surface area contributed by atoms with Crippen molar-refractivity contribution in [3.8, 4) is 0 Å². The number of rotatable bonds is 5. The van der Waals surface area contributed by atoms with Crippen LogP contribution in [0.4, 0.5) is 0 Å². The first kappa shape index (κ1) is 12.0. The van der Waals surface area contributed by atoms with E-state index in [1.165, 1.54) is 25.9 Å². The fourth-order valence-corrected chi connectivity index (χ4v) is 2.02. The number of nitrogens with zero attached hydrogens (tertiary/aromatic N) is 1. The third-order valence-corrected chi connectivity index (χ3v) is 3.07. The normalized spacial score (nSPS) is 20.6. The number of hydrogen-bond donors (Lipinski definition) is 2. The van der Waals surface area contributed by atoms with Gasteiger partial charge in [-0.3, -0.25) is 0 Å². The van der Waals surface area contributed by atoms with Gasteiger partial charge in [0.1, 0.15) is 0 Å². The first-order valence-corrected chi connectivity index (χ1v) is 5.86. The van der Waals surface area contributed by atoms with E-state index < -0.39 is 0 Å². The summed E-state index contributed by atoms with van der Waals surface area (Å²) < 4.78 is 0. The molecule has 14 heavy (non-hydrogen) atoms. The van der Waals surface area contributed by atoms with Gasteiger partial charge in [-0.05, 0) is 46.8 Å². The zero-order valence-electron chi connectivity index (χ0n) is 9.84. The van der Waals surface area contributed by atoms with Gasteiger partial charge in [0.15, 0.2) is 0 Å². The fourth-order valence-electron chi connectivity index (χ4n) is 2.02. The van der Waals surface area contributed by atoms with Crippen molar-refractivity contribution in [2.45, 2.75) is 38.8 Å². The number of likely N-dealkylation sites (tertiary alicyclic amines) is 1. The standard InChI is InChI=1S/C11H25N3/c1-10(2)14-8-4-11(5-9-14)13-7-6-12-3/h10-13H,4-9H2,1-3H3. The molecular formula is C11H25N3. The van der Waals surface area contributed by atoms with Crippen molar-refractivity contribution in [3.63, 3.8) is 0 Å².